The van der Waals surface area contributed by atoms with Gasteiger partial charge in [0.2, 0.25) is 11.8 Å². The van der Waals surface area contributed by atoms with Crippen LogP contribution in [0.5, 0.6) is 6.01 Å². The molecule has 4 heterocycles. The molecule has 2 aliphatic heterocycles. The second-order valence-corrected chi connectivity index (χ2v) is 21.0. The van der Waals surface area contributed by atoms with Gasteiger partial charge in [-0.2, -0.15) is 17.7 Å². The zero-order chi connectivity index (χ0) is 46.1. The summed E-state index contributed by atoms with van der Waals surface area (Å²) in [5, 5.41) is 8.33. The zero-order valence-electron chi connectivity index (χ0n) is 37.2. The minimum Gasteiger partial charge on any atom is -0.459 e. The number of alkyl carbamates (subject to hydrolysis) is 1. The Morgan fingerprint density at radius 3 is 2.53 bits per heavy atom. The number of aromatic nitrogens is 3. The van der Waals surface area contributed by atoms with E-state index in [-0.39, 0.29) is 43.7 Å². The number of thiazole rings is 1. The summed E-state index contributed by atoms with van der Waals surface area (Å²) in [7, 11) is -1.62. The standard InChI is InChI=1S/C45H57FN8O8S2/c1-27(2)54-35-17-13-15-33(39-47-31(26-63-39)22-28-18-20-30(46)21-19-28)37(35)49-42(54)61-32-23-36-38(55)50-45(41(57)51-64(59,60)52(6)7)24-29(45)14-11-9-8-10-12-16-34(40(56)53(36)25-32)48-43(58)62-44(3,4)5/h11,13-15,17-21,26-27,29,32,34,36H,8-10,12,16,22-25H2,1-7H3,(H,48,58)(H,50,55)(H,51,57)/b14-11-/t29-,32-,34+,36+,45-/m1/s1. The maximum atomic E-state index is 14.7. The molecule has 3 aliphatic rings. The molecular weight excluding hydrogens is 864 g/mol. The van der Waals surface area contributed by atoms with Gasteiger partial charge in [-0.1, -0.05) is 43.2 Å². The molecule has 0 bridgehead atoms. The third-order valence-corrected chi connectivity index (χ3v) is 13.9. The Hall–Kier alpha value is -5.40. The number of rotatable bonds is 10. The maximum Gasteiger partial charge on any atom is 0.408 e. The van der Waals surface area contributed by atoms with Crippen LogP contribution in [0.1, 0.15) is 96.9 Å². The molecule has 4 aromatic rings. The van der Waals surface area contributed by atoms with Gasteiger partial charge in [0.05, 0.1) is 17.8 Å². The second-order valence-electron chi connectivity index (χ2n) is 18.2. The summed E-state index contributed by atoms with van der Waals surface area (Å²) >= 11 is 1.47. The van der Waals surface area contributed by atoms with Crippen molar-refractivity contribution in [3.8, 4) is 16.6 Å². The van der Waals surface area contributed by atoms with Gasteiger partial charge in [0, 0.05) is 49.8 Å². The van der Waals surface area contributed by atoms with Crippen molar-refractivity contribution < 1.29 is 41.5 Å². The van der Waals surface area contributed by atoms with Crippen LogP contribution < -0.4 is 20.1 Å². The number of carbonyl (C=O) groups is 4. The fourth-order valence-corrected chi connectivity index (χ4v) is 9.68. The molecule has 2 aromatic carbocycles. The normalized spacial score (nSPS) is 23.8. The molecule has 1 aliphatic carbocycles. The first-order valence-electron chi connectivity index (χ1n) is 21.6. The van der Waals surface area contributed by atoms with Crippen LogP contribution in [0.15, 0.2) is 60.0 Å². The molecule has 0 unspecified atom stereocenters. The van der Waals surface area contributed by atoms with Crippen molar-refractivity contribution in [3.63, 3.8) is 0 Å². The van der Waals surface area contributed by atoms with Gasteiger partial charge in [0.1, 0.15) is 45.7 Å². The van der Waals surface area contributed by atoms with E-state index in [0.29, 0.717) is 24.8 Å². The largest absolute Gasteiger partial charge is 0.459 e. The van der Waals surface area contributed by atoms with Gasteiger partial charge in [0.15, 0.2) is 0 Å². The second kappa shape index (κ2) is 18.6. The van der Waals surface area contributed by atoms with Gasteiger partial charge in [-0.25, -0.2) is 18.9 Å². The number of hydrogen-bond donors (Lipinski definition) is 3. The lowest BCUT2D eigenvalue weighted by Gasteiger charge is -2.30. The maximum absolute atomic E-state index is 14.7. The smallest absolute Gasteiger partial charge is 0.408 e. The monoisotopic (exact) mass is 920 g/mol. The molecule has 7 rings (SSSR count). The van der Waals surface area contributed by atoms with Crippen LogP contribution in [0, 0.1) is 11.7 Å². The average Bonchev–Trinajstić information content (AvgIpc) is 3.53. The average molecular weight is 921 g/mol. The predicted molar refractivity (Wildman–Crippen MR) is 240 cm³/mol. The Bertz CT molecular complexity index is 2530. The number of amides is 4. The van der Waals surface area contributed by atoms with Crippen molar-refractivity contribution in [2.75, 3.05) is 20.6 Å². The summed E-state index contributed by atoms with van der Waals surface area (Å²) in [6.45, 7) is 9.09. The fraction of sp³-hybridized carbons (Fsp3) is 0.511. The van der Waals surface area contributed by atoms with Crippen molar-refractivity contribution >= 4 is 56.4 Å². The third-order valence-electron chi connectivity index (χ3n) is 11.6. The number of nitrogens with zero attached hydrogens (tertiary/aromatic N) is 5. The highest BCUT2D eigenvalue weighted by Crippen LogP contribution is 2.46. The van der Waals surface area contributed by atoms with Gasteiger partial charge in [0.25, 0.3) is 11.9 Å². The molecule has 64 heavy (non-hydrogen) atoms. The molecule has 5 atom stereocenters. The number of allylic oxidation sites excluding steroid dienone is 1. The highest BCUT2D eigenvalue weighted by Gasteiger charge is 2.62. The number of imidazole rings is 1. The van der Waals surface area contributed by atoms with Gasteiger partial charge in [-0.15, -0.1) is 11.3 Å². The van der Waals surface area contributed by atoms with Crippen LogP contribution in [-0.4, -0.2) is 106 Å². The molecule has 16 nitrogen and oxygen atoms in total. The van der Waals surface area contributed by atoms with E-state index in [9.17, 15) is 32.0 Å². The number of fused-ring (bicyclic) bond motifs is 3. The minimum absolute atomic E-state index is 0.00167. The highest BCUT2D eigenvalue weighted by atomic mass is 32.2. The van der Waals surface area contributed by atoms with E-state index in [4.69, 9.17) is 19.4 Å². The Balaban J connectivity index is 1.21. The lowest BCUT2D eigenvalue weighted by molar-refractivity contribution is -0.141. The van der Waals surface area contributed by atoms with Crippen LogP contribution >= 0.6 is 11.3 Å². The minimum atomic E-state index is -4.20. The van der Waals surface area contributed by atoms with Crippen LogP contribution in [0.25, 0.3) is 21.6 Å². The number of hydrogen-bond acceptors (Lipinski definition) is 11. The van der Waals surface area contributed by atoms with Crippen LogP contribution in [0.2, 0.25) is 0 Å². The molecule has 0 radical (unpaired) electrons. The number of para-hydroxylation sites is 1. The molecule has 1 saturated carbocycles. The number of ether oxygens (including phenoxy) is 2. The van der Waals surface area contributed by atoms with Crippen LogP contribution in [0.3, 0.4) is 0 Å². The Morgan fingerprint density at radius 2 is 1.83 bits per heavy atom. The molecule has 2 fully saturated rings. The van der Waals surface area contributed by atoms with E-state index in [1.807, 2.05) is 54.1 Å². The molecule has 2 aromatic heterocycles. The van der Waals surface area contributed by atoms with E-state index < -0.39 is 69.3 Å². The summed E-state index contributed by atoms with van der Waals surface area (Å²) in [5.41, 5.74) is 1.55. The number of nitrogens with one attached hydrogen (secondary N) is 3. The molecule has 344 valence electrons. The fourth-order valence-electron chi connectivity index (χ4n) is 8.24. The van der Waals surface area contributed by atoms with Crippen LogP contribution in [-0.2, 0) is 35.8 Å². The molecule has 4 amide bonds. The predicted octanol–water partition coefficient (Wildman–Crippen LogP) is 6.03. The lowest BCUT2D eigenvalue weighted by Crippen LogP contribution is -2.58. The quantitative estimate of drug-likeness (QED) is 0.158. The van der Waals surface area contributed by atoms with Gasteiger partial charge in [-0.3, -0.25) is 19.0 Å². The topological polar surface area (TPSA) is 194 Å². The van der Waals surface area contributed by atoms with Crippen molar-refractivity contribution in [2.45, 2.75) is 121 Å². The third kappa shape index (κ3) is 10.4. The molecule has 19 heteroatoms. The van der Waals surface area contributed by atoms with E-state index in [0.717, 1.165) is 44.5 Å². The first-order chi connectivity index (χ1) is 30.2. The zero-order valence-corrected chi connectivity index (χ0v) is 38.9. The number of carbonyl (C=O) groups excluding carboxylic acids is 4. The van der Waals surface area contributed by atoms with Crippen molar-refractivity contribution in [3.05, 3.63) is 77.1 Å². The van der Waals surface area contributed by atoms with Gasteiger partial charge >= 0.3 is 16.3 Å². The van der Waals surface area contributed by atoms with E-state index in [1.165, 1.54) is 42.5 Å². The molecule has 0 spiro atoms. The Morgan fingerprint density at radius 1 is 1.08 bits per heavy atom. The molecule has 1 saturated heterocycles. The SMILES string of the molecule is CC(C)n1c(O[C@@H]2C[C@H]3C(=O)N[C@]4(C(=O)NS(=O)(=O)N(C)C)C[C@H]4/C=C\CCCCC[C@H](NC(=O)OC(C)(C)C)C(=O)N3C2)nc2c(-c3nc(Cc4ccc(F)cc4)cs3)cccc21. The number of benzene rings is 2. The molecular formula is C45H57FN8O8S2. The van der Waals surface area contributed by atoms with Crippen molar-refractivity contribution in [1.82, 2.24) is 39.1 Å². The van der Waals surface area contributed by atoms with E-state index in [2.05, 4.69) is 15.4 Å². The van der Waals surface area contributed by atoms with E-state index >= 15 is 0 Å². The van der Waals surface area contributed by atoms with Crippen LogP contribution in [0.4, 0.5) is 9.18 Å². The van der Waals surface area contributed by atoms with Crippen molar-refractivity contribution in [1.29, 1.82) is 0 Å². The summed E-state index contributed by atoms with van der Waals surface area (Å²) in [4.78, 5) is 67.6. The number of halogens is 1. The van der Waals surface area contributed by atoms with E-state index in [1.54, 1.807) is 32.9 Å². The van der Waals surface area contributed by atoms with Crippen molar-refractivity contribution in [2.24, 2.45) is 5.92 Å². The Kier molecular flexibility index (Phi) is 13.5. The summed E-state index contributed by atoms with van der Waals surface area (Å²) in [5.74, 6) is -2.87. The van der Waals surface area contributed by atoms with Gasteiger partial charge in [-0.05, 0) is 90.1 Å². The summed E-state index contributed by atoms with van der Waals surface area (Å²) < 4.78 is 56.4. The summed E-state index contributed by atoms with van der Waals surface area (Å²) in [6.07, 6.45) is 5.93. The first-order valence-corrected chi connectivity index (χ1v) is 24.0. The highest BCUT2D eigenvalue weighted by molar-refractivity contribution is 7.87. The summed E-state index contributed by atoms with van der Waals surface area (Å²) in [6, 6.07) is 10.0. The Labute approximate surface area is 377 Å². The van der Waals surface area contributed by atoms with Gasteiger partial charge < -0.3 is 25.0 Å². The first kappa shape index (κ1) is 46.6. The lowest BCUT2D eigenvalue weighted by atomic mass is 10.0. The molecule has 3 N–H and O–H groups in total.